The third kappa shape index (κ3) is 3.39. The lowest BCUT2D eigenvalue weighted by Gasteiger charge is -2.35. The topological polar surface area (TPSA) is 38.8 Å². The minimum absolute atomic E-state index is 0.0550. The minimum Gasteiger partial charge on any atom is -0.381 e. The van der Waals surface area contributed by atoms with Crippen LogP contribution in [-0.2, 0) is 14.3 Å². The van der Waals surface area contributed by atoms with Gasteiger partial charge >= 0.3 is 0 Å². The summed E-state index contributed by atoms with van der Waals surface area (Å²) in [6.07, 6.45) is 3.83. The average Bonchev–Trinajstić information content (AvgIpc) is 3.40. The maximum atomic E-state index is 12.9. The molecule has 1 spiro atoms. The van der Waals surface area contributed by atoms with Crippen molar-refractivity contribution in [2.24, 2.45) is 5.92 Å². The van der Waals surface area contributed by atoms with Crippen molar-refractivity contribution >= 4 is 21.8 Å². The number of hydrogen-bond acceptors (Lipinski definition) is 3. The van der Waals surface area contributed by atoms with Crippen LogP contribution in [0.4, 0.5) is 0 Å². The molecule has 0 N–H and O–H groups in total. The lowest BCUT2D eigenvalue weighted by atomic mass is 9.90. The smallest absolute Gasteiger partial charge is 0.226 e. The van der Waals surface area contributed by atoms with E-state index in [4.69, 9.17) is 9.47 Å². The Morgan fingerprint density at radius 3 is 2.79 bits per heavy atom. The Hall–Kier alpha value is -0.910. The van der Waals surface area contributed by atoms with Crippen molar-refractivity contribution in [1.29, 1.82) is 0 Å². The van der Waals surface area contributed by atoms with Crippen LogP contribution in [0.15, 0.2) is 28.7 Å². The van der Waals surface area contributed by atoms with Crippen molar-refractivity contribution < 1.29 is 14.3 Å². The van der Waals surface area contributed by atoms with Gasteiger partial charge < -0.3 is 14.4 Å². The van der Waals surface area contributed by atoms with Gasteiger partial charge in [-0.2, -0.15) is 0 Å². The van der Waals surface area contributed by atoms with E-state index in [1.807, 2.05) is 17.0 Å². The third-order valence-corrected chi connectivity index (χ3v) is 6.20. The normalized spacial score (nSPS) is 29.3. The fourth-order valence-electron chi connectivity index (χ4n) is 4.06. The Labute approximate surface area is 151 Å². The second-order valence-corrected chi connectivity index (χ2v) is 8.14. The molecule has 1 aliphatic carbocycles. The second-order valence-electron chi connectivity index (χ2n) is 7.22. The summed E-state index contributed by atoms with van der Waals surface area (Å²) in [7, 11) is 0. The Bertz CT molecular complexity index is 614. The van der Waals surface area contributed by atoms with Gasteiger partial charge in [0.1, 0.15) is 0 Å². The van der Waals surface area contributed by atoms with Crippen molar-refractivity contribution in [1.82, 2.24) is 4.90 Å². The standard InChI is InChI=1S/C19H24BrNO3/c20-15-3-1-2-14(12-15)16-13-17(16)18(22)21-7-4-19(24-11-8-21)5-9-23-10-6-19/h1-3,12,16-17H,4-11,13H2/t16-,17+/m1/s1. The van der Waals surface area contributed by atoms with E-state index in [2.05, 4.69) is 28.1 Å². The van der Waals surface area contributed by atoms with E-state index in [1.165, 1.54) is 5.56 Å². The van der Waals surface area contributed by atoms with Crippen LogP contribution in [0, 0.1) is 5.92 Å². The number of ether oxygens (including phenoxy) is 2. The first kappa shape index (κ1) is 16.6. The molecular weight excluding hydrogens is 370 g/mol. The highest BCUT2D eigenvalue weighted by molar-refractivity contribution is 9.10. The first-order valence-electron chi connectivity index (χ1n) is 8.93. The van der Waals surface area contributed by atoms with Gasteiger partial charge in [0.05, 0.1) is 12.2 Å². The Morgan fingerprint density at radius 2 is 2.00 bits per heavy atom. The summed E-state index contributed by atoms with van der Waals surface area (Å²) in [5.74, 6) is 0.854. The fraction of sp³-hybridized carbons (Fsp3) is 0.632. The Kier molecular flexibility index (Phi) is 4.67. The number of halogens is 1. The number of benzene rings is 1. The van der Waals surface area contributed by atoms with Crippen molar-refractivity contribution in [3.8, 4) is 0 Å². The van der Waals surface area contributed by atoms with E-state index in [9.17, 15) is 4.79 Å². The molecule has 24 heavy (non-hydrogen) atoms. The molecule has 3 aliphatic rings. The monoisotopic (exact) mass is 393 g/mol. The van der Waals surface area contributed by atoms with Crippen molar-refractivity contribution in [2.45, 2.75) is 37.2 Å². The number of amides is 1. The van der Waals surface area contributed by atoms with Gasteiger partial charge in [-0.1, -0.05) is 28.1 Å². The first-order valence-corrected chi connectivity index (χ1v) is 9.72. The molecule has 2 saturated heterocycles. The quantitative estimate of drug-likeness (QED) is 0.772. The van der Waals surface area contributed by atoms with Gasteiger partial charge in [-0.15, -0.1) is 0 Å². The zero-order valence-electron chi connectivity index (χ0n) is 13.9. The molecule has 1 aromatic carbocycles. The van der Waals surface area contributed by atoms with E-state index in [-0.39, 0.29) is 11.5 Å². The molecule has 0 unspecified atom stereocenters. The molecule has 1 saturated carbocycles. The maximum absolute atomic E-state index is 12.9. The molecule has 1 amide bonds. The molecule has 0 bridgehead atoms. The summed E-state index contributed by atoms with van der Waals surface area (Å²) < 4.78 is 12.7. The number of carbonyl (C=O) groups is 1. The van der Waals surface area contributed by atoms with Crippen molar-refractivity contribution in [3.63, 3.8) is 0 Å². The van der Waals surface area contributed by atoms with E-state index in [0.717, 1.165) is 56.5 Å². The van der Waals surface area contributed by atoms with Crippen LogP contribution in [-0.4, -0.2) is 49.3 Å². The second kappa shape index (κ2) is 6.77. The van der Waals surface area contributed by atoms with Gasteiger partial charge in [0, 0.05) is 36.7 Å². The molecule has 4 rings (SSSR count). The average molecular weight is 394 g/mol. The number of nitrogens with zero attached hydrogens (tertiary/aromatic N) is 1. The Balaban J connectivity index is 1.37. The molecule has 4 nitrogen and oxygen atoms in total. The Morgan fingerprint density at radius 1 is 1.17 bits per heavy atom. The van der Waals surface area contributed by atoms with Crippen LogP contribution in [0.3, 0.4) is 0 Å². The van der Waals surface area contributed by atoms with Crippen LogP contribution in [0.1, 0.15) is 37.2 Å². The molecule has 1 aromatic rings. The maximum Gasteiger partial charge on any atom is 0.226 e. The first-order chi connectivity index (χ1) is 11.7. The number of rotatable bonds is 2. The molecule has 0 aromatic heterocycles. The summed E-state index contributed by atoms with van der Waals surface area (Å²) in [6.45, 7) is 3.76. The molecule has 3 fully saturated rings. The van der Waals surface area contributed by atoms with Crippen LogP contribution < -0.4 is 0 Å². The molecule has 2 atom stereocenters. The van der Waals surface area contributed by atoms with Gasteiger partial charge in [0.2, 0.25) is 5.91 Å². The molecule has 0 radical (unpaired) electrons. The zero-order chi connectivity index (χ0) is 16.6. The number of carbonyl (C=O) groups excluding carboxylic acids is 1. The predicted molar refractivity (Wildman–Crippen MR) is 94.9 cm³/mol. The fourth-order valence-corrected chi connectivity index (χ4v) is 4.48. The number of hydrogen-bond donors (Lipinski definition) is 0. The third-order valence-electron chi connectivity index (χ3n) is 5.71. The highest BCUT2D eigenvalue weighted by Gasteiger charge is 2.46. The van der Waals surface area contributed by atoms with Crippen LogP contribution in [0.5, 0.6) is 0 Å². The molecule has 2 aliphatic heterocycles. The summed E-state index contributed by atoms with van der Waals surface area (Å²) in [5, 5.41) is 0. The SMILES string of the molecule is O=C([C@H]1C[C@@H]1c1cccc(Br)c1)N1CCOC2(CCOCC2)CC1. The highest BCUT2D eigenvalue weighted by atomic mass is 79.9. The summed E-state index contributed by atoms with van der Waals surface area (Å²) >= 11 is 3.52. The lowest BCUT2D eigenvalue weighted by Crippen LogP contribution is -2.40. The predicted octanol–water partition coefficient (Wildman–Crippen LogP) is 3.35. The molecule has 5 heteroatoms. The lowest BCUT2D eigenvalue weighted by molar-refractivity contribution is -0.132. The van der Waals surface area contributed by atoms with Gasteiger partial charge in [-0.3, -0.25) is 4.79 Å². The van der Waals surface area contributed by atoms with E-state index in [1.54, 1.807) is 0 Å². The molecular formula is C19H24BrNO3. The van der Waals surface area contributed by atoms with Gasteiger partial charge in [-0.05, 0) is 49.3 Å². The largest absolute Gasteiger partial charge is 0.381 e. The van der Waals surface area contributed by atoms with Gasteiger partial charge in [-0.25, -0.2) is 0 Å². The van der Waals surface area contributed by atoms with Crippen LogP contribution >= 0.6 is 15.9 Å². The van der Waals surface area contributed by atoms with E-state index < -0.39 is 0 Å². The summed E-state index contributed by atoms with van der Waals surface area (Å²) in [4.78, 5) is 14.9. The van der Waals surface area contributed by atoms with Crippen molar-refractivity contribution in [3.05, 3.63) is 34.3 Å². The summed E-state index contributed by atoms with van der Waals surface area (Å²) in [6, 6.07) is 8.35. The highest BCUT2D eigenvalue weighted by Crippen LogP contribution is 2.49. The van der Waals surface area contributed by atoms with Gasteiger partial charge in [0.15, 0.2) is 0 Å². The van der Waals surface area contributed by atoms with Crippen LogP contribution in [0.2, 0.25) is 0 Å². The summed E-state index contributed by atoms with van der Waals surface area (Å²) in [5.41, 5.74) is 1.22. The minimum atomic E-state index is -0.0550. The molecule has 2 heterocycles. The zero-order valence-corrected chi connectivity index (χ0v) is 15.5. The van der Waals surface area contributed by atoms with Crippen LogP contribution in [0.25, 0.3) is 0 Å². The molecule has 130 valence electrons. The van der Waals surface area contributed by atoms with E-state index in [0.29, 0.717) is 18.4 Å². The van der Waals surface area contributed by atoms with Crippen molar-refractivity contribution in [2.75, 3.05) is 32.9 Å². The van der Waals surface area contributed by atoms with E-state index >= 15 is 0 Å². The van der Waals surface area contributed by atoms with Gasteiger partial charge in [0.25, 0.3) is 0 Å².